The zero-order valence-corrected chi connectivity index (χ0v) is 15.6. The Kier molecular flexibility index (Phi) is 4.79. The summed E-state index contributed by atoms with van der Waals surface area (Å²) in [5.74, 6) is 0.250. The number of hydrogen-bond donors (Lipinski definition) is 1. The molecule has 134 valence electrons. The fraction of sp³-hybridized carbons (Fsp3) is 0.0500. The number of fused-ring (bicyclic) bond motifs is 1. The highest BCUT2D eigenvalue weighted by Gasteiger charge is 2.13. The monoisotopic (exact) mass is 396 g/mol. The molecule has 5 nitrogen and oxygen atoms in total. The lowest BCUT2D eigenvalue weighted by Crippen LogP contribution is -2.16. The van der Waals surface area contributed by atoms with E-state index in [4.69, 9.17) is 23.2 Å². The molecule has 0 fully saturated rings. The Morgan fingerprint density at radius 1 is 1.07 bits per heavy atom. The maximum atomic E-state index is 12.5. The lowest BCUT2D eigenvalue weighted by Gasteiger charge is -2.11. The second-order valence-electron chi connectivity index (χ2n) is 5.96. The van der Waals surface area contributed by atoms with Gasteiger partial charge in [-0.05, 0) is 22.4 Å². The Morgan fingerprint density at radius 3 is 2.74 bits per heavy atom. The quantitative estimate of drug-likeness (QED) is 0.491. The van der Waals surface area contributed by atoms with Gasteiger partial charge in [-0.1, -0.05) is 65.7 Å². The van der Waals surface area contributed by atoms with E-state index in [2.05, 4.69) is 39.7 Å². The third-order valence-corrected chi connectivity index (χ3v) is 4.90. The van der Waals surface area contributed by atoms with Crippen molar-refractivity contribution in [3.63, 3.8) is 0 Å². The summed E-state index contributed by atoms with van der Waals surface area (Å²) in [6.45, 7) is 0.531. The molecule has 0 atom stereocenters. The average Bonchev–Trinajstić information content (AvgIpc) is 3.11. The number of halogens is 2. The van der Waals surface area contributed by atoms with Gasteiger partial charge < -0.3 is 5.32 Å². The van der Waals surface area contributed by atoms with Crippen molar-refractivity contribution in [1.29, 1.82) is 0 Å². The molecular weight excluding hydrogens is 383 g/mol. The van der Waals surface area contributed by atoms with Crippen LogP contribution >= 0.6 is 23.2 Å². The number of carbonyl (C=O) groups is 1. The van der Waals surface area contributed by atoms with Gasteiger partial charge in [0.15, 0.2) is 0 Å². The summed E-state index contributed by atoms with van der Waals surface area (Å²) in [6.07, 6.45) is 3.03. The van der Waals surface area contributed by atoms with Gasteiger partial charge in [-0.25, -0.2) is 9.67 Å². The lowest BCUT2D eigenvalue weighted by atomic mass is 10.0. The number of nitrogens with one attached hydrogen (secondary N) is 1. The number of benzene rings is 2. The van der Waals surface area contributed by atoms with Gasteiger partial charge in [0, 0.05) is 12.3 Å². The fourth-order valence-corrected chi connectivity index (χ4v) is 3.16. The molecule has 0 bridgehead atoms. The van der Waals surface area contributed by atoms with Gasteiger partial charge in [0.1, 0.15) is 11.0 Å². The first-order chi connectivity index (χ1) is 13.1. The van der Waals surface area contributed by atoms with Crippen molar-refractivity contribution < 1.29 is 4.79 Å². The molecule has 0 spiro atoms. The predicted molar refractivity (Wildman–Crippen MR) is 107 cm³/mol. The van der Waals surface area contributed by atoms with Crippen LogP contribution in [0.1, 0.15) is 15.9 Å². The molecule has 2 aromatic carbocycles. The first-order valence-electron chi connectivity index (χ1n) is 8.22. The van der Waals surface area contributed by atoms with E-state index in [0.717, 1.165) is 16.3 Å². The van der Waals surface area contributed by atoms with Crippen LogP contribution in [-0.2, 0) is 6.54 Å². The van der Waals surface area contributed by atoms with Gasteiger partial charge in [0.2, 0.25) is 0 Å². The van der Waals surface area contributed by atoms with Crippen molar-refractivity contribution in [3.8, 4) is 0 Å². The second kappa shape index (κ2) is 7.39. The summed E-state index contributed by atoms with van der Waals surface area (Å²) < 4.78 is 1.74. The number of rotatable bonds is 4. The molecule has 0 saturated heterocycles. The largest absolute Gasteiger partial charge is 0.307 e. The lowest BCUT2D eigenvalue weighted by molar-refractivity contribution is 0.102. The smallest absolute Gasteiger partial charge is 0.258 e. The van der Waals surface area contributed by atoms with E-state index in [1.165, 1.54) is 12.3 Å². The van der Waals surface area contributed by atoms with Crippen LogP contribution in [0.3, 0.4) is 0 Å². The average molecular weight is 397 g/mol. The van der Waals surface area contributed by atoms with Crippen molar-refractivity contribution in [2.24, 2.45) is 0 Å². The summed E-state index contributed by atoms with van der Waals surface area (Å²) in [7, 11) is 0. The fourth-order valence-electron chi connectivity index (χ4n) is 2.89. The van der Waals surface area contributed by atoms with Crippen LogP contribution in [0.15, 0.2) is 67.0 Å². The Labute approximate surface area is 165 Å². The van der Waals surface area contributed by atoms with Crippen molar-refractivity contribution in [1.82, 2.24) is 14.8 Å². The van der Waals surface area contributed by atoms with Crippen molar-refractivity contribution in [3.05, 3.63) is 88.3 Å². The number of aromatic nitrogens is 3. The SMILES string of the molecule is O=C(Nc1ccnn1Cc1cccc2ccccc12)c1cnc(Cl)c(Cl)c1. The first kappa shape index (κ1) is 17.5. The molecule has 2 heterocycles. The molecule has 0 radical (unpaired) electrons. The maximum absolute atomic E-state index is 12.5. The van der Waals surface area contributed by atoms with E-state index in [-0.39, 0.29) is 16.1 Å². The van der Waals surface area contributed by atoms with E-state index < -0.39 is 0 Å². The highest BCUT2D eigenvalue weighted by atomic mass is 35.5. The van der Waals surface area contributed by atoms with Gasteiger partial charge in [-0.15, -0.1) is 0 Å². The van der Waals surface area contributed by atoms with Gasteiger partial charge in [-0.2, -0.15) is 5.10 Å². The highest BCUT2D eigenvalue weighted by Crippen LogP contribution is 2.22. The number of amides is 1. The maximum Gasteiger partial charge on any atom is 0.258 e. The third-order valence-electron chi connectivity index (χ3n) is 4.22. The molecule has 7 heteroatoms. The molecule has 0 aliphatic rings. The van der Waals surface area contributed by atoms with Crippen LogP contribution in [0.4, 0.5) is 5.82 Å². The minimum Gasteiger partial charge on any atom is -0.307 e. The molecule has 1 amide bonds. The van der Waals surface area contributed by atoms with Crippen LogP contribution in [0, 0.1) is 0 Å². The van der Waals surface area contributed by atoms with Gasteiger partial charge in [-0.3, -0.25) is 4.79 Å². The molecule has 4 rings (SSSR count). The number of pyridine rings is 1. The Balaban J connectivity index is 1.59. The molecule has 0 aliphatic carbocycles. The summed E-state index contributed by atoms with van der Waals surface area (Å²) in [5.41, 5.74) is 1.44. The summed E-state index contributed by atoms with van der Waals surface area (Å²) >= 11 is 11.7. The van der Waals surface area contributed by atoms with Gasteiger partial charge in [0.05, 0.1) is 23.3 Å². The van der Waals surface area contributed by atoms with Crippen LogP contribution in [0.2, 0.25) is 10.2 Å². The summed E-state index contributed by atoms with van der Waals surface area (Å²) in [4.78, 5) is 16.4. The summed E-state index contributed by atoms with van der Waals surface area (Å²) in [5, 5.41) is 9.88. The third kappa shape index (κ3) is 3.65. The minimum absolute atomic E-state index is 0.161. The zero-order chi connectivity index (χ0) is 18.8. The van der Waals surface area contributed by atoms with E-state index >= 15 is 0 Å². The molecular formula is C20H14Cl2N4O. The van der Waals surface area contributed by atoms with Crippen LogP contribution in [-0.4, -0.2) is 20.7 Å². The topological polar surface area (TPSA) is 59.8 Å². The van der Waals surface area contributed by atoms with Crippen LogP contribution in [0.25, 0.3) is 10.8 Å². The van der Waals surface area contributed by atoms with Gasteiger partial charge >= 0.3 is 0 Å². The zero-order valence-electron chi connectivity index (χ0n) is 14.1. The van der Waals surface area contributed by atoms with Crippen LogP contribution in [0.5, 0.6) is 0 Å². The van der Waals surface area contributed by atoms with Crippen molar-refractivity contribution in [2.45, 2.75) is 6.54 Å². The molecule has 4 aromatic rings. The summed E-state index contributed by atoms with van der Waals surface area (Å²) in [6, 6.07) is 17.5. The first-order valence-corrected chi connectivity index (χ1v) is 8.98. The Morgan fingerprint density at radius 2 is 1.89 bits per heavy atom. The van der Waals surface area contributed by atoms with Crippen molar-refractivity contribution in [2.75, 3.05) is 5.32 Å². The van der Waals surface area contributed by atoms with E-state index in [1.54, 1.807) is 16.9 Å². The molecule has 0 aliphatic heterocycles. The predicted octanol–water partition coefficient (Wildman–Crippen LogP) is 5.04. The number of hydrogen-bond acceptors (Lipinski definition) is 3. The highest BCUT2D eigenvalue weighted by molar-refractivity contribution is 6.41. The molecule has 27 heavy (non-hydrogen) atoms. The number of anilines is 1. The Bertz CT molecular complexity index is 1130. The van der Waals surface area contributed by atoms with Crippen molar-refractivity contribution >= 4 is 45.7 Å². The normalized spacial score (nSPS) is 10.9. The van der Waals surface area contributed by atoms with E-state index in [1.807, 2.05) is 18.2 Å². The van der Waals surface area contributed by atoms with Gasteiger partial charge in [0.25, 0.3) is 5.91 Å². The molecule has 1 N–H and O–H groups in total. The minimum atomic E-state index is -0.333. The Hall–Kier alpha value is -2.89. The standard InChI is InChI=1S/C20H14Cl2N4O/c21-17-10-15(11-23-19(17)22)20(27)25-18-8-9-24-26(18)12-14-6-3-5-13-4-1-2-7-16(13)14/h1-11H,12H2,(H,25,27). The second-order valence-corrected chi connectivity index (χ2v) is 6.73. The number of carbonyl (C=O) groups excluding carboxylic acids is 1. The van der Waals surface area contributed by atoms with E-state index in [0.29, 0.717) is 17.9 Å². The van der Waals surface area contributed by atoms with Crippen LogP contribution < -0.4 is 5.32 Å². The molecule has 2 aromatic heterocycles. The number of nitrogens with zero attached hydrogens (tertiary/aromatic N) is 3. The van der Waals surface area contributed by atoms with E-state index in [9.17, 15) is 4.79 Å². The molecule has 0 unspecified atom stereocenters. The molecule has 0 saturated carbocycles.